The molecule has 0 spiro atoms. The first kappa shape index (κ1) is 15.0. The predicted octanol–water partition coefficient (Wildman–Crippen LogP) is 3.30. The van der Waals surface area contributed by atoms with E-state index >= 15 is 0 Å². The largest absolute Gasteiger partial charge is 0.478 e. The Morgan fingerprint density at radius 3 is 2.48 bits per heavy atom. The molecule has 5 nitrogen and oxygen atoms in total. The van der Waals surface area contributed by atoms with E-state index in [2.05, 4.69) is 10.3 Å². The lowest BCUT2D eigenvalue weighted by molar-refractivity contribution is 0.0696. The number of hydrogen-bond acceptors (Lipinski definition) is 3. The summed E-state index contributed by atoms with van der Waals surface area (Å²) in [7, 11) is 0. The molecule has 2 aromatic rings. The molecule has 0 aliphatic heterocycles. The molecule has 2 rings (SSSR count). The van der Waals surface area contributed by atoms with E-state index in [9.17, 15) is 9.59 Å². The van der Waals surface area contributed by atoms with Gasteiger partial charge in [0, 0.05) is 11.4 Å². The molecule has 1 heterocycles. The second-order valence-electron chi connectivity index (χ2n) is 4.54. The second kappa shape index (κ2) is 5.93. The molecule has 21 heavy (non-hydrogen) atoms. The summed E-state index contributed by atoms with van der Waals surface area (Å²) in [6, 6.07) is 7.72. The highest BCUT2D eigenvalue weighted by atomic mass is 35.5. The van der Waals surface area contributed by atoms with E-state index in [-0.39, 0.29) is 16.5 Å². The summed E-state index contributed by atoms with van der Waals surface area (Å²) in [5.41, 5.74) is 2.17. The van der Waals surface area contributed by atoms with Gasteiger partial charge in [0.1, 0.15) is 0 Å². The summed E-state index contributed by atoms with van der Waals surface area (Å²) >= 11 is 5.78. The molecule has 1 amide bonds. The normalized spacial score (nSPS) is 10.2. The van der Waals surface area contributed by atoms with Crippen LogP contribution in [-0.2, 0) is 0 Å². The van der Waals surface area contributed by atoms with Crippen molar-refractivity contribution in [3.63, 3.8) is 0 Å². The van der Waals surface area contributed by atoms with Gasteiger partial charge < -0.3 is 10.4 Å². The fourth-order valence-electron chi connectivity index (χ4n) is 1.89. The molecule has 0 unspecified atom stereocenters. The zero-order valence-electron chi connectivity index (χ0n) is 11.5. The number of carbonyl (C=O) groups excluding carboxylic acids is 1. The smallest absolute Gasteiger partial charge is 0.337 e. The molecule has 0 saturated carbocycles. The summed E-state index contributed by atoms with van der Waals surface area (Å²) in [4.78, 5) is 27.4. The van der Waals surface area contributed by atoms with Crippen molar-refractivity contribution in [1.29, 1.82) is 0 Å². The molecular formula is C15H13ClN2O3. The number of anilines is 1. The molecule has 2 N–H and O–H groups in total. The number of carboxylic acid groups (broad SMARTS) is 1. The van der Waals surface area contributed by atoms with Gasteiger partial charge in [-0.1, -0.05) is 11.6 Å². The lowest BCUT2D eigenvalue weighted by atomic mass is 10.1. The van der Waals surface area contributed by atoms with Gasteiger partial charge in [-0.3, -0.25) is 9.78 Å². The monoisotopic (exact) mass is 304 g/mol. The van der Waals surface area contributed by atoms with Crippen molar-refractivity contribution < 1.29 is 14.7 Å². The Hall–Kier alpha value is -2.40. The minimum Gasteiger partial charge on any atom is -0.478 e. The van der Waals surface area contributed by atoms with Crippen LogP contribution in [-0.4, -0.2) is 22.0 Å². The Labute approximate surface area is 126 Å². The molecule has 0 saturated heterocycles. The van der Waals surface area contributed by atoms with Gasteiger partial charge in [-0.05, 0) is 44.2 Å². The molecule has 0 radical (unpaired) electrons. The van der Waals surface area contributed by atoms with Crippen LogP contribution < -0.4 is 5.32 Å². The average Bonchev–Trinajstić information content (AvgIpc) is 2.40. The van der Waals surface area contributed by atoms with Crippen LogP contribution in [0.4, 0.5) is 5.69 Å². The number of aromatic nitrogens is 1. The average molecular weight is 305 g/mol. The number of aromatic carboxylic acids is 1. The minimum absolute atomic E-state index is 0.0618. The zero-order chi connectivity index (χ0) is 15.6. The zero-order valence-corrected chi connectivity index (χ0v) is 12.2. The summed E-state index contributed by atoms with van der Waals surface area (Å²) in [5.74, 6) is -1.50. The van der Waals surface area contributed by atoms with E-state index in [0.29, 0.717) is 16.9 Å². The highest BCUT2D eigenvalue weighted by Crippen LogP contribution is 2.21. The van der Waals surface area contributed by atoms with Crippen molar-refractivity contribution in [1.82, 2.24) is 4.98 Å². The number of benzene rings is 1. The minimum atomic E-state index is -1.15. The highest BCUT2D eigenvalue weighted by Gasteiger charge is 2.13. The van der Waals surface area contributed by atoms with Gasteiger partial charge in [0.2, 0.25) is 0 Å². The standard InChI is InChI=1S/C15H13ClN2O3/c1-8-3-5-11(9(2)17-8)14(19)18-10-4-6-13(16)12(7-10)15(20)21/h3-7H,1-2H3,(H,18,19)(H,20,21). The third-order valence-corrected chi connectivity index (χ3v) is 3.25. The van der Waals surface area contributed by atoms with E-state index in [1.807, 2.05) is 6.92 Å². The number of rotatable bonds is 3. The van der Waals surface area contributed by atoms with Crippen molar-refractivity contribution in [2.24, 2.45) is 0 Å². The van der Waals surface area contributed by atoms with Crippen LogP contribution in [0.1, 0.15) is 32.1 Å². The van der Waals surface area contributed by atoms with Crippen LogP contribution in [0.25, 0.3) is 0 Å². The quantitative estimate of drug-likeness (QED) is 0.912. The topological polar surface area (TPSA) is 79.3 Å². The van der Waals surface area contributed by atoms with Crippen LogP contribution in [0.2, 0.25) is 5.02 Å². The molecule has 0 aliphatic carbocycles. The summed E-state index contributed by atoms with van der Waals surface area (Å²) in [5, 5.41) is 11.8. The first-order valence-electron chi connectivity index (χ1n) is 6.17. The second-order valence-corrected chi connectivity index (χ2v) is 4.95. The molecule has 0 fully saturated rings. The maximum absolute atomic E-state index is 12.2. The van der Waals surface area contributed by atoms with Crippen LogP contribution in [0.3, 0.4) is 0 Å². The number of aryl methyl sites for hydroxylation is 2. The van der Waals surface area contributed by atoms with Crippen molar-refractivity contribution in [3.05, 3.63) is 57.9 Å². The third kappa shape index (κ3) is 3.38. The number of amides is 1. The van der Waals surface area contributed by atoms with Gasteiger partial charge in [-0.25, -0.2) is 4.79 Å². The molecule has 0 atom stereocenters. The number of carboxylic acids is 1. The Morgan fingerprint density at radius 2 is 1.86 bits per heavy atom. The van der Waals surface area contributed by atoms with E-state index in [4.69, 9.17) is 16.7 Å². The summed E-state index contributed by atoms with van der Waals surface area (Å²) < 4.78 is 0. The maximum Gasteiger partial charge on any atom is 0.337 e. The van der Waals surface area contributed by atoms with Crippen molar-refractivity contribution in [3.8, 4) is 0 Å². The van der Waals surface area contributed by atoms with Crippen LogP contribution in [0, 0.1) is 13.8 Å². The molecule has 6 heteroatoms. The fraction of sp³-hybridized carbons (Fsp3) is 0.133. The van der Waals surface area contributed by atoms with Gasteiger partial charge in [-0.2, -0.15) is 0 Å². The van der Waals surface area contributed by atoms with Gasteiger partial charge in [0.15, 0.2) is 0 Å². The summed E-state index contributed by atoms with van der Waals surface area (Å²) in [6.07, 6.45) is 0. The Bertz CT molecular complexity index is 729. The molecule has 0 bridgehead atoms. The lowest BCUT2D eigenvalue weighted by Crippen LogP contribution is -2.14. The van der Waals surface area contributed by atoms with E-state index < -0.39 is 5.97 Å². The highest BCUT2D eigenvalue weighted by molar-refractivity contribution is 6.33. The SMILES string of the molecule is Cc1ccc(C(=O)Nc2ccc(Cl)c(C(=O)O)c2)c(C)n1. The van der Waals surface area contributed by atoms with Crippen LogP contribution in [0.15, 0.2) is 30.3 Å². The van der Waals surface area contributed by atoms with E-state index in [1.165, 1.54) is 12.1 Å². The lowest BCUT2D eigenvalue weighted by Gasteiger charge is -2.09. The first-order valence-corrected chi connectivity index (χ1v) is 6.54. The fourth-order valence-corrected chi connectivity index (χ4v) is 2.09. The Kier molecular flexibility index (Phi) is 4.23. The number of nitrogens with zero attached hydrogens (tertiary/aromatic N) is 1. The first-order chi connectivity index (χ1) is 9.88. The van der Waals surface area contributed by atoms with Crippen LogP contribution >= 0.6 is 11.6 Å². The molecular weight excluding hydrogens is 292 g/mol. The molecule has 1 aromatic heterocycles. The van der Waals surface area contributed by atoms with Crippen LogP contribution in [0.5, 0.6) is 0 Å². The number of pyridine rings is 1. The number of carbonyl (C=O) groups is 2. The van der Waals surface area contributed by atoms with Crippen molar-refractivity contribution in [2.45, 2.75) is 13.8 Å². The van der Waals surface area contributed by atoms with E-state index in [1.54, 1.807) is 25.1 Å². The van der Waals surface area contributed by atoms with Gasteiger partial charge in [0.05, 0.1) is 21.8 Å². The van der Waals surface area contributed by atoms with Gasteiger partial charge in [-0.15, -0.1) is 0 Å². The van der Waals surface area contributed by atoms with Gasteiger partial charge >= 0.3 is 5.97 Å². The maximum atomic E-state index is 12.2. The number of nitrogens with one attached hydrogen (secondary N) is 1. The number of hydrogen-bond donors (Lipinski definition) is 2. The predicted molar refractivity (Wildman–Crippen MR) is 80.1 cm³/mol. The molecule has 0 aliphatic rings. The van der Waals surface area contributed by atoms with E-state index in [0.717, 1.165) is 5.69 Å². The summed E-state index contributed by atoms with van der Waals surface area (Å²) in [6.45, 7) is 3.58. The van der Waals surface area contributed by atoms with Crippen molar-refractivity contribution >= 4 is 29.2 Å². The Morgan fingerprint density at radius 1 is 1.14 bits per heavy atom. The molecule has 1 aromatic carbocycles. The van der Waals surface area contributed by atoms with Crippen molar-refractivity contribution in [2.75, 3.05) is 5.32 Å². The Balaban J connectivity index is 2.27. The number of halogens is 1. The third-order valence-electron chi connectivity index (χ3n) is 2.92. The van der Waals surface area contributed by atoms with Gasteiger partial charge in [0.25, 0.3) is 5.91 Å². The molecule has 108 valence electrons.